The van der Waals surface area contributed by atoms with Gasteiger partial charge in [0.1, 0.15) is 6.10 Å². The Morgan fingerprint density at radius 1 is 1.20 bits per heavy atom. The summed E-state index contributed by atoms with van der Waals surface area (Å²) in [4.78, 5) is 25.0. The Bertz CT molecular complexity index is 98.3. The molecule has 5 nitrogen and oxygen atoms in total. The van der Waals surface area contributed by atoms with Gasteiger partial charge in [0, 0.05) is 0 Å². The lowest BCUT2D eigenvalue weighted by molar-refractivity contribution is 0.0262. The van der Waals surface area contributed by atoms with Crippen molar-refractivity contribution in [3.63, 3.8) is 0 Å². The molecule has 0 aromatic heterocycles. The van der Waals surface area contributed by atoms with E-state index in [9.17, 15) is 0 Å². The molecular formula is C4H12O5P+. The fourth-order valence-electron chi connectivity index (χ4n) is 0.311. The van der Waals surface area contributed by atoms with Gasteiger partial charge in [-0.05, 0) is 13.8 Å². The summed E-state index contributed by atoms with van der Waals surface area (Å²) >= 11 is 0. The van der Waals surface area contributed by atoms with Crippen LogP contribution in [0.3, 0.4) is 0 Å². The van der Waals surface area contributed by atoms with Gasteiger partial charge >= 0.3 is 8.17 Å². The maximum absolute atomic E-state index is 8.74. The van der Waals surface area contributed by atoms with E-state index in [2.05, 4.69) is 4.52 Å². The third-order valence-electron chi connectivity index (χ3n) is 0.987. The second-order valence-corrected chi connectivity index (χ2v) is 3.30. The minimum Gasteiger partial charge on any atom is -0.391 e. The van der Waals surface area contributed by atoms with E-state index in [4.69, 9.17) is 19.8 Å². The summed E-state index contributed by atoms with van der Waals surface area (Å²) in [5, 5.41) is 8.74. The van der Waals surface area contributed by atoms with E-state index in [0.29, 0.717) is 0 Å². The number of aliphatic hydroxyl groups excluding tert-OH is 1. The average Bonchev–Trinajstić information content (AvgIpc) is 1.60. The van der Waals surface area contributed by atoms with Gasteiger partial charge in [-0.3, -0.25) is 0 Å². The summed E-state index contributed by atoms with van der Waals surface area (Å²) in [5.41, 5.74) is 0. The van der Waals surface area contributed by atoms with Crippen LogP contribution in [0.1, 0.15) is 13.8 Å². The van der Waals surface area contributed by atoms with E-state index in [0.717, 1.165) is 0 Å². The molecule has 2 atom stereocenters. The number of hydrogen-bond donors (Lipinski definition) is 4. The highest BCUT2D eigenvalue weighted by Gasteiger charge is 2.37. The fraction of sp³-hybridized carbons (Fsp3) is 1.00. The zero-order chi connectivity index (χ0) is 8.36. The van der Waals surface area contributed by atoms with Crippen LogP contribution < -0.4 is 0 Å². The maximum atomic E-state index is 8.74. The van der Waals surface area contributed by atoms with E-state index in [-0.39, 0.29) is 0 Å². The van der Waals surface area contributed by atoms with Crippen molar-refractivity contribution in [2.24, 2.45) is 0 Å². The molecule has 62 valence electrons. The molecule has 0 aliphatic heterocycles. The van der Waals surface area contributed by atoms with E-state index in [1.165, 1.54) is 13.8 Å². The predicted molar refractivity (Wildman–Crippen MR) is 35.8 cm³/mol. The lowest BCUT2D eigenvalue weighted by Gasteiger charge is -2.12. The number of hydrogen-bond acceptors (Lipinski definition) is 5. The molecule has 0 aromatic rings. The van der Waals surface area contributed by atoms with E-state index >= 15 is 0 Å². The lowest BCUT2D eigenvalue weighted by atomic mass is 10.3. The molecule has 0 rings (SSSR count). The van der Waals surface area contributed by atoms with Crippen LogP contribution in [-0.2, 0) is 4.52 Å². The van der Waals surface area contributed by atoms with E-state index in [1.807, 2.05) is 0 Å². The van der Waals surface area contributed by atoms with Gasteiger partial charge in [0.2, 0.25) is 0 Å². The Morgan fingerprint density at radius 2 is 1.60 bits per heavy atom. The van der Waals surface area contributed by atoms with Gasteiger partial charge in [-0.2, -0.15) is 14.7 Å². The second kappa shape index (κ2) is 3.57. The first-order valence-corrected chi connectivity index (χ1v) is 4.33. The molecule has 10 heavy (non-hydrogen) atoms. The van der Waals surface area contributed by atoms with Crippen molar-refractivity contribution in [2.75, 3.05) is 0 Å². The van der Waals surface area contributed by atoms with Crippen molar-refractivity contribution < 1.29 is 24.3 Å². The first kappa shape index (κ1) is 10.2. The van der Waals surface area contributed by atoms with Crippen LogP contribution in [0.2, 0.25) is 0 Å². The minimum absolute atomic E-state index is 0.784. The van der Waals surface area contributed by atoms with Gasteiger partial charge in [-0.1, -0.05) is 0 Å². The molecule has 0 saturated carbocycles. The van der Waals surface area contributed by atoms with Gasteiger partial charge in [0.05, 0.1) is 6.10 Å². The molecule has 2 unspecified atom stereocenters. The highest BCUT2D eigenvalue weighted by molar-refractivity contribution is 7.53. The number of rotatable bonds is 3. The Morgan fingerprint density at radius 3 is 1.70 bits per heavy atom. The lowest BCUT2D eigenvalue weighted by Crippen LogP contribution is -2.22. The van der Waals surface area contributed by atoms with Crippen LogP contribution in [0.4, 0.5) is 0 Å². The fourth-order valence-corrected chi connectivity index (χ4v) is 0.933. The third kappa shape index (κ3) is 5.05. The largest absolute Gasteiger partial charge is 0.567 e. The first-order valence-electron chi connectivity index (χ1n) is 2.76. The van der Waals surface area contributed by atoms with Gasteiger partial charge in [-0.15, -0.1) is 4.52 Å². The quantitative estimate of drug-likeness (QED) is 0.427. The smallest absolute Gasteiger partial charge is 0.391 e. The van der Waals surface area contributed by atoms with Crippen LogP contribution in [-0.4, -0.2) is 32.0 Å². The maximum Gasteiger partial charge on any atom is 0.567 e. The molecule has 0 aliphatic rings. The van der Waals surface area contributed by atoms with Crippen LogP contribution in [0.25, 0.3) is 0 Å². The molecule has 0 spiro atoms. The van der Waals surface area contributed by atoms with E-state index < -0.39 is 20.4 Å². The summed E-state index contributed by atoms with van der Waals surface area (Å²) < 4.78 is 4.23. The molecule has 0 aliphatic carbocycles. The summed E-state index contributed by atoms with van der Waals surface area (Å²) in [5.74, 6) is 0. The molecule has 4 N–H and O–H groups in total. The van der Waals surface area contributed by atoms with Crippen molar-refractivity contribution in [1.29, 1.82) is 0 Å². The average molecular weight is 171 g/mol. The molecule has 0 saturated heterocycles. The van der Waals surface area contributed by atoms with E-state index in [1.54, 1.807) is 0 Å². The topological polar surface area (TPSA) is 90.2 Å². The molecule has 0 heterocycles. The van der Waals surface area contributed by atoms with Gasteiger partial charge < -0.3 is 5.11 Å². The van der Waals surface area contributed by atoms with Gasteiger partial charge in [-0.25, -0.2) is 0 Å². The highest BCUT2D eigenvalue weighted by atomic mass is 31.2. The Hall–Kier alpha value is 0.230. The van der Waals surface area contributed by atoms with Crippen molar-refractivity contribution in [3.8, 4) is 0 Å². The molecule has 0 aromatic carbocycles. The molecule has 0 fully saturated rings. The first-order chi connectivity index (χ1) is 4.33. The molecule has 0 bridgehead atoms. The molecular weight excluding hydrogens is 159 g/mol. The summed E-state index contributed by atoms with van der Waals surface area (Å²) in [6.07, 6.45) is -1.63. The van der Waals surface area contributed by atoms with Crippen LogP contribution in [0.15, 0.2) is 0 Å². The summed E-state index contributed by atoms with van der Waals surface area (Å²) in [6, 6.07) is 0. The second-order valence-electron chi connectivity index (χ2n) is 2.06. The molecule has 0 radical (unpaired) electrons. The Kier molecular flexibility index (Phi) is 3.65. The summed E-state index contributed by atoms with van der Waals surface area (Å²) in [6.45, 7) is 2.84. The van der Waals surface area contributed by atoms with Gasteiger partial charge in [0.25, 0.3) is 0 Å². The summed E-state index contributed by atoms with van der Waals surface area (Å²) in [7, 11) is -4.19. The Balaban J connectivity index is 3.68. The van der Waals surface area contributed by atoms with Crippen molar-refractivity contribution >= 4 is 8.17 Å². The zero-order valence-corrected chi connectivity index (χ0v) is 6.69. The zero-order valence-electron chi connectivity index (χ0n) is 5.80. The van der Waals surface area contributed by atoms with Crippen LogP contribution in [0.5, 0.6) is 0 Å². The van der Waals surface area contributed by atoms with Crippen molar-refractivity contribution in [3.05, 3.63) is 0 Å². The highest BCUT2D eigenvalue weighted by Crippen LogP contribution is 2.47. The number of aliphatic hydroxyl groups is 1. The monoisotopic (exact) mass is 171 g/mol. The van der Waals surface area contributed by atoms with Gasteiger partial charge in [0.15, 0.2) is 0 Å². The van der Waals surface area contributed by atoms with Crippen LogP contribution >= 0.6 is 8.17 Å². The SMILES string of the molecule is CC(O)C(C)O[P+](O)(O)O. The molecule has 6 heteroatoms. The predicted octanol–water partition coefficient (Wildman–Crippen LogP) is -0.573. The van der Waals surface area contributed by atoms with Crippen molar-refractivity contribution in [1.82, 2.24) is 0 Å². The molecule has 0 amide bonds. The minimum atomic E-state index is -4.19. The van der Waals surface area contributed by atoms with Crippen molar-refractivity contribution in [2.45, 2.75) is 26.1 Å². The Labute approximate surface area is 59.6 Å². The normalized spacial score (nSPS) is 18.6. The third-order valence-corrected chi connectivity index (χ3v) is 1.60. The standard InChI is InChI=1S/C4H12O5P/c1-3(5)4(2)9-10(6,7)8/h3-8H,1-2H3/q+1. The van der Waals surface area contributed by atoms with Crippen LogP contribution in [0, 0.1) is 0 Å².